The molecule has 0 aromatic heterocycles. The van der Waals surface area contributed by atoms with Crippen molar-refractivity contribution in [2.24, 2.45) is 22.4 Å². The van der Waals surface area contributed by atoms with Crippen LogP contribution < -0.4 is 5.43 Å². The molecule has 70 valence electrons. The van der Waals surface area contributed by atoms with Crippen molar-refractivity contribution < 1.29 is 0 Å². The van der Waals surface area contributed by atoms with Crippen LogP contribution in [0.25, 0.3) is 0 Å². The van der Waals surface area contributed by atoms with Crippen molar-refractivity contribution in [2.45, 2.75) is 40.7 Å². The molecule has 2 atom stereocenters. The van der Waals surface area contributed by atoms with Gasteiger partial charge in [-0.3, -0.25) is 0 Å². The van der Waals surface area contributed by atoms with E-state index in [1.807, 2.05) is 0 Å². The number of nitrogens with one attached hydrogen (secondary N) is 1. The Morgan fingerprint density at radius 1 is 1.33 bits per heavy atom. The fourth-order valence-electron chi connectivity index (χ4n) is 1.71. The van der Waals surface area contributed by atoms with Crippen molar-refractivity contribution in [1.29, 1.82) is 0 Å². The lowest BCUT2D eigenvalue weighted by Gasteiger charge is -2.32. The van der Waals surface area contributed by atoms with Crippen molar-refractivity contribution in [3.05, 3.63) is 0 Å². The average molecular weight is 168 g/mol. The molecule has 0 aliphatic carbocycles. The minimum atomic E-state index is 0.297. The number of hydrogen-bond donors (Lipinski definition) is 1. The maximum absolute atomic E-state index is 4.16. The number of hydrogen-bond acceptors (Lipinski definition) is 2. The van der Waals surface area contributed by atoms with E-state index in [-0.39, 0.29) is 0 Å². The summed E-state index contributed by atoms with van der Waals surface area (Å²) in [5.41, 5.74) is 3.49. The molecule has 0 spiro atoms. The molecule has 2 heteroatoms. The van der Waals surface area contributed by atoms with Crippen LogP contribution in [-0.2, 0) is 0 Å². The molecule has 0 saturated carbocycles. The third-order valence-corrected chi connectivity index (χ3v) is 2.55. The monoisotopic (exact) mass is 168 g/mol. The van der Waals surface area contributed by atoms with E-state index in [0.29, 0.717) is 23.3 Å². The van der Waals surface area contributed by atoms with E-state index >= 15 is 0 Å². The van der Waals surface area contributed by atoms with Crippen LogP contribution in [0.3, 0.4) is 0 Å². The predicted octanol–water partition coefficient (Wildman–Crippen LogP) is 2.26. The van der Waals surface area contributed by atoms with Crippen molar-refractivity contribution in [3.63, 3.8) is 0 Å². The Balaban J connectivity index is 2.69. The highest BCUT2D eigenvalue weighted by molar-refractivity contribution is 5.64. The number of nitrogens with zero attached hydrogens (tertiary/aromatic N) is 1. The highest BCUT2D eigenvalue weighted by atomic mass is 15.3. The maximum Gasteiger partial charge on any atom is 0.0569 e. The molecule has 1 N–H and O–H groups in total. The fraction of sp³-hybridized carbons (Fsp3) is 0.900. The van der Waals surface area contributed by atoms with Gasteiger partial charge in [0.05, 0.1) is 6.04 Å². The minimum absolute atomic E-state index is 0.297. The van der Waals surface area contributed by atoms with Gasteiger partial charge < -0.3 is 5.43 Å². The molecule has 0 aromatic carbocycles. The summed E-state index contributed by atoms with van der Waals surface area (Å²) in [6.45, 7) is 11.3. The fourth-order valence-corrected chi connectivity index (χ4v) is 1.71. The lowest BCUT2D eigenvalue weighted by atomic mass is 9.76. The molecule has 0 aromatic rings. The first-order valence-corrected chi connectivity index (χ1v) is 4.71. The molecule has 0 saturated heterocycles. The Kier molecular flexibility index (Phi) is 2.45. The first-order chi connectivity index (χ1) is 5.43. The van der Waals surface area contributed by atoms with Gasteiger partial charge >= 0.3 is 0 Å². The van der Waals surface area contributed by atoms with Gasteiger partial charge in [0.15, 0.2) is 0 Å². The van der Waals surface area contributed by atoms with Gasteiger partial charge in [-0.15, -0.1) is 0 Å². The second-order valence-electron chi connectivity index (χ2n) is 5.07. The zero-order valence-corrected chi connectivity index (χ0v) is 8.76. The van der Waals surface area contributed by atoms with Crippen LogP contribution >= 0.6 is 0 Å². The normalized spacial score (nSPS) is 29.5. The molecular weight excluding hydrogens is 148 g/mol. The molecule has 1 heterocycles. The van der Waals surface area contributed by atoms with Crippen molar-refractivity contribution in [3.8, 4) is 0 Å². The highest BCUT2D eigenvalue weighted by Crippen LogP contribution is 2.30. The molecule has 0 amide bonds. The van der Waals surface area contributed by atoms with Crippen molar-refractivity contribution >= 4 is 6.21 Å². The molecule has 1 aliphatic heterocycles. The number of hydrazone groups is 1. The second-order valence-corrected chi connectivity index (χ2v) is 5.07. The summed E-state index contributed by atoms with van der Waals surface area (Å²) < 4.78 is 0. The van der Waals surface area contributed by atoms with Crippen LogP contribution in [0.4, 0.5) is 0 Å². The van der Waals surface area contributed by atoms with Gasteiger partial charge in [0, 0.05) is 12.1 Å². The quantitative estimate of drug-likeness (QED) is 0.638. The van der Waals surface area contributed by atoms with Crippen molar-refractivity contribution in [2.75, 3.05) is 0 Å². The van der Waals surface area contributed by atoms with E-state index in [0.717, 1.165) is 0 Å². The van der Waals surface area contributed by atoms with Gasteiger partial charge in [0.25, 0.3) is 0 Å². The summed E-state index contributed by atoms with van der Waals surface area (Å²) in [4.78, 5) is 0. The topological polar surface area (TPSA) is 24.4 Å². The number of rotatable bonds is 1. The summed E-state index contributed by atoms with van der Waals surface area (Å²) in [5.74, 6) is 1.26. The van der Waals surface area contributed by atoms with E-state index < -0.39 is 0 Å². The summed E-state index contributed by atoms with van der Waals surface area (Å²) >= 11 is 0. The standard InChI is InChI=1S/C10H20N2/c1-7(2)8-6-11-12-9(8)10(3,4)5/h6-9,12H,1-5H3. The lowest BCUT2D eigenvalue weighted by Crippen LogP contribution is -2.41. The average Bonchev–Trinajstić information content (AvgIpc) is 2.30. The smallest absolute Gasteiger partial charge is 0.0569 e. The summed E-state index contributed by atoms with van der Waals surface area (Å²) in [6, 6.07) is 0.498. The second kappa shape index (κ2) is 3.08. The van der Waals surface area contributed by atoms with Crippen LogP contribution in [0, 0.1) is 17.3 Å². The molecule has 0 fully saturated rings. The molecule has 1 rings (SSSR count). The molecule has 2 nitrogen and oxygen atoms in total. The predicted molar refractivity (Wildman–Crippen MR) is 53.2 cm³/mol. The van der Waals surface area contributed by atoms with Gasteiger partial charge in [-0.25, -0.2) is 0 Å². The van der Waals surface area contributed by atoms with E-state index in [9.17, 15) is 0 Å². The Bertz CT molecular complexity index is 177. The third-order valence-electron chi connectivity index (χ3n) is 2.55. The molecule has 12 heavy (non-hydrogen) atoms. The van der Waals surface area contributed by atoms with E-state index in [4.69, 9.17) is 0 Å². The van der Waals surface area contributed by atoms with Crippen molar-refractivity contribution in [1.82, 2.24) is 5.43 Å². The van der Waals surface area contributed by atoms with Gasteiger partial charge in [0.1, 0.15) is 0 Å². The van der Waals surface area contributed by atoms with Gasteiger partial charge in [-0.05, 0) is 11.3 Å². The Labute approximate surface area is 75.4 Å². The van der Waals surface area contributed by atoms with Crippen LogP contribution in [0.1, 0.15) is 34.6 Å². The summed E-state index contributed by atoms with van der Waals surface area (Å²) in [5, 5.41) is 4.16. The molecule has 2 unspecified atom stereocenters. The van der Waals surface area contributed by atoms with Crippen LogP contribution in [0.5, 0.6) is 0 Å². The van der Waals surface area contributed by atoms with Gasteiger partial charge in [-0.1, -0.05) is 34.6 Å². The summed E-state index contributed by atoms with van der Waals surface area (Å²) in [6.07, 6.45) is 2.06. The molecular formula is C10H20N2. The molecule has 1 aliphatic rings. The van der Waals surface area contributed by atoms with Gasteiger partial charge in [0.2, 0.25) is 0 Å². The molecule has 0 bridgehead atoms. The largest absolute Gasteiger partial charge is 0.306 e. The van der Waals surface area contributed by atoms with E-state index in [2.05, 4.69) is 51.4 Å². The molecule has 0 radical (unpaired) electrons. The first-order valence-electron chi connectivity index (χ1n) is 4.71. The maximum atomic E-state index is 4.16. The minimum Gasteiger partial charge on any atom is -0.306 e. The lowest BCUT2D eigenvalue weighted by molar-refractivity contribution is 0.219. The van der Waals surface area contributed by atoms with Crippen LogP contribution in [0.2, 0.25) is 0 Å². The Hall–Kier alpha value is -0.530. The first kappa shape index (κ1) is 9.56. The SMILES string of the molecule is CC(C)C1C=NNC1C(C)(C)C. The zero-order chi connectivity index (χ0) is 9.35. The Morgan fingerprint density at radius 3 is 2.25 bits per heavy atom. The van der Waals surface area contributed by atoms with Crippen LogP contribution in [0.15, 0.2) is 5.10 Å². The van der Waals surface area contributed by atoms with Crippen LogP contribution in [-0.4, -0.2) is 12.3 Å². The third kappa shape index (κ3) is 1.79. The summed E-state index contributed by atoms with van der Waals surface area (Å²) in [7, 11) is 0. The van der Waals surface area contributed by atoms with Gasteiger partial charge in [-0.2, -0.15) is 5.10 Å². The highest BCUT2D eigenvalue weighted by Gasteiger charge is 2.35. The Morgan fingerprint density at radius 2 is 1.92 bits per heavy atom. The zero-order valence-electron chi connectivity index (χ0n) is 8.76. The van der Waals surface area contributed by atoms with E-state index in [1.165, 1.54) is 0 Å². The van der Waals surface area contributed by atoms with E-state index in [1.54, 1.807) is 0 Å².